The van der Waals surface area contributed by atoms with Gasteiger partial charge in [0.2, 0.25) is 10.0 Å². The van der Waals surface area contributed by atoms with Gasteiger partial charge in [0.25, 0.3) is 0 Å². The first-order valence-corrected chi connectivity index (χ1v) is 8.69. The maximum atomic E-state index is 12.3. The lowest BCUT2D eigenvalue weighted by Gasteiger charge is -2.16. The highest BCUT2D eigenvalue weighted by molar-refractivity contribution is 7.92. The fourth-order valence-corrected chi connectivity index (χ4v) is 3.40. The van der Waals surface area contributed by atoms with Crippen LogP contribution in [0.25, 0.3) is 0 Å². The molecule has 22 heavy (non-hydrogen) atoms. The number of sulfonamides is 1. The molecule has 1 unspecified atom stereocenters. The molecule has 0 bridgehead atoms. The van der Waals surface area contributed by atoms with E-state index in [-0.39, 0.29) is 11.6 Å². The van der Waals surface area contributed by atoms with E-state index in [1.807, 2.05) is 37.3 Å². The number of hydrogen-bond donors (Lipinski definition) is 1. The molecule has 1 aromatic heterocycles. The van der Waals surface area contributed by atoms with Crippen LogP contribution >= 0.6 is 0 Å². The first-order chi connectivity index (χ1) is 10.5. The normalized spacial score (nSPS) is 13.0. The van der Waals surface area contributed by atoms with E-state index in [4.69, 9.17) is 9.26 Å². The molecule has 1 N–H and O–H groups in total. The van der Waals surface area contributed by atoms with Gasteiger partial charge in [-0.25, -0.2) is 8.42 Å². The van der Waals surface area contributed by atoms with Crippen LogP contribution in [0.4, 0.5) is 5.82 Å². The van der Waals surface area contributed by atoms with Crippen molar-refractivity contribution in [2.75, 3.05) is 17.6 Å². The second kappa shape index (κ2) is 7.42. The maximum absolute atomic E-state index is 12.3. The Morgan fingerprint density at radius 1 is 1.32 bits per heavy atom. The summed E-state index contributed by atoms with van der Waals surface area (Å²) in [4.78, 5) is 0. The minimum absolute atomic E-state index is 0.144. The predicted octanol–water partition coefficient (Wildman–Crippen LogP) is 2.24. The standard InChI is InChI=1S/C15H20N2O4S/c1-3-13-10-21-16-15(13)17-22(18,19)11-14(20-2)9-12-7-5-4-6-8-12/h4-8,10,14H,3,9,11H2,1-2H3,(H,16,17). The zero-order valence-corrected chi connectivity index (χ0v) is 13.5. The highest BCUT2D eigenvalue weighted by atomic mass is 32.2. The third kappa shape index (κ3) is 4.57. The number of methoxy groups -OCH3 is 1. The van der Waals surface area contributed by atoms with E-state index in [2.05, 4.69) is 9.88 Å². The van der Waals surface area contributed by atoms with E-state index in [1.165, 1.54) is 13.4 Å². The Balaban J connectivity index is 2.03. The molecule has 0 amide bonds. The molecule has 120 valence electrons. The molecule has 2 aromatic rings. The van der Waals surface area contributed by atoms with Gasteiger partial charge in [-0.3, -0.25) is 4.72 Å². The van der Waals surface area contributed by atoms with Crippen molar-refractivity contribution >= 4 is 15.8 Å². The SMILES string of the molecule is CCc1conc1NS(=O)(=O)CC(Cc1ccccc1)OC. The van der Waals surface area contributed by atoms with Crippen LogP contribution in [0.2, 0.25) is 0 Å². The molecule has 0 aliphatic heterocycles. The number of benzene rings is 1. The van der Waals surface area contributed by atoms with Crippen molar-refractivity contribution < 1.29 is 17.7 Å². The van der Waals surface area contributed by atoms with Crippen molar-refractivity contribution in [2.24, 2.45) is 0 Å². The summed E-state index contributed by atoms with van der Waals surface area (Å²) in [6, 6.07) is 9.63. The number of ether oxygens (including phenoxy) is 1. The zero-order chi connectivity index (χ0) is 16.0. The van der Waals surface area contributed by atoms with E-state index >= 15 is 0 Å². The van der Waals surface area contributed by atoms with Crippen molar-refractivity contribution in [1.29, 1.82) is 0 Å². The Morgan fingerprint density at radius 2 is 2.05 bits per heavy atom. The van der Waals surface area contributed by atoms with Gasteiger partial charge in [0.15, 0.2) is 5.82 Å². The van der Waals surface area contributed by atoms with Crippen molar-refractivity contribution in [2.45, 2.75) is 25.9 Å². The minimum Gasteiger partial charge on any atom is -0.380 e. The smallest absolute Gasteiger partial charge is 0.236 e. The number of aromatic nitrogens is 1. The average Bonchev–Trinajstić information content (AvgIpc) is 2.93. The molecule has 0 aliphatic carbocycles. The zero-order valence-electron chi connectivity index (χ0n) is 12.7. The maximum Gasteiger partial charge on any atom is 0.236 e. The molecule has 7 heteroatoms. The van der Waals surface area contributed by atoms with Crippen molar-refractivity contribution in [3.63, 3.8) is 0 Å². The van der Waals surface area contributed by atoms with Crippen LogP contribution in [0.15, 0.2) is 41.1 Å². The molecule has 0 radical (unpaired) electrons. The summed E-state index contributed by atoms with van der Waals surface area (Å²) >= 11 is 0. The number of aryl methyl sites for hydroxylation is 1. The van der Waals surface area contributed by atoms with Gasteiger partial charge in [-0.1, -0.05) is 42.4 Å². The van der Waals surface area contributed by atoms with Gasteiger partial charge in [0.05, 0.1) is 11.9 Å². The van der Waals surface area contributed by atoms with Crippen LogP contribution in [0.1, 0.15) is 18.1 Å². The Labute approximate surface area is 130 Å². The highest BCUT2D eigenvalue weighted by Crippen LogP contribution is 2.16. The first kappa shape index (κ1) is 16.5. The van der Waals surface area contributed by atoms with Crippen LogP contribution in [-0.4, -0.2) is 32.5 Å². The number of nitrogens with zero attached hydrogens (tertiary/aromatic N) is 1. The summed E-state index contributed by atoms with van der Waals surface area (Å²) in [7, 11) is -2.06. The summed E-state index contributed by atoms with van der Waals surface area (Å²) in [6.07, 6.45) is 2.17. The number of anilines is 1. The average molecular weight is 324 g/mol. The lowest BCUT2D eigenvalue weighted by atomic mass is 10.1. The lowest BCUT2D eigenvalue weighted by Crippen LogP contribution is -2.29. The molecule has 0 spiro atoms. The Bertz CT molecular complexity index is 683. The Morgan fingerprint density at radius 3 is 2.68 bits per heavy atom. The largest absolute Gasteiger partial charge is 0.380 e. The molecule has 0 fully saturated rings. The number of nitrogens with one attached hydrogen (secondary N) is 1. The fourth-order valence-electron chi connectivity index (χ4n) is 2.11. The predicted molar refractivity (Wildman–Crippen MR) is 84.2 cm³/mol. The second-order valence-corrected chi connectivity index (χ2v) is 6.74. The van der Waals surface area contributed by atoms with Gasteiger partial charge in [0, 0.05) is 12.7 Å². The van der Waals surface area contributed by atoms with E-state index in [1.54, 1.807) is 0 Å². The molecule has 1 aromatic carbocycles. The molecule has 0 saturated carbocycles. The Kier molecular flexibility index (Phi) is 5.57. The quantitative estimate of drug-likeness (QED) is 0.805. The van der Waals surface area contributed by atoms with Gasteiger partial charge in [-0.15, -0.1) is 0 Å². The van der Waals surface area contributed by atoms with Crippen LogP contribution in [-0.2, 0) is 27.6 Å². The molecule has 0 aliphatic rings. The lowest BCUT2D eigenvalue weighted by molar-refractivity contribution is 0.121. The molecule has 6 nitrogen and oxygen atoms in total. The van der Waals surface area contributed by atoms with Crippen LogP contribution in [0.3, 0.4) is 0 Å². The monoisotopic (exact) mass is 324 g/mol. The van der Waals surface area contributed by atoms with E-state index in [0.717, 1.165) is 11.1 Å². The second-order valence-electron chi connectivity index (χ2n) is 4.97. The van der Waals surface area contributed by atoms with Crippen molar-refractivity contribution in [3.05, 3.63) is 47.7 Å². The number of rotatable bonds is 8. The minimum atomic E-state index is -3.57. The van der Waals surface area contributed by atoms with Gasteiger partial charge in [0.1, 0.15) is 6.26 Å². The molecule has 2 rings (SSSR count). The van der Waals surface area contributed by atoms with Gasteiger partial charge in [-0.05, 0) is 18.4 Å². The fraction of sp³-hybridized carbons (Fsp3) is 0.400. The molecular formula is C15H20N2O4S. The summed E-state index contributed by atoms with van der Waals surface area (Å²) in [5.41, 5.74) is 1.75. The van der Waals surface area contributed by atoms with E-state index in [9.17, 15) is 8.42 Å². The van der Waals surface area contributed by atoms with E-state index < -0.39 is 16.1 Å². The van der Waals surface area contributed by atoms with Crippen molar-refractivity contribution in [1.82, 2.24) is 5.16 Å². The first-order valence-electron chi connectivity index (χ1n) is 7.04. The van der Waals surface area contributed by atoms with Gasteiger partial charge in [-0.2, -0.15) is 0 Å². The summed E-state index contributed by atoms with van der Waals surface area (Å²) < 4.78 is 37.1. The topological polar surface area (TPSA) is 81.4 Å². The summed E-state index contributed by atoms with van der Waals surface area (Å²) in [5, 5.41) is 3.68. The van der Waals surface area contributed by atoms with Gasteiger partial charge < -0.3 is 9.26 Å². The molecule has 1 heterocycles. The van der Waals surface area contributed by atoms with E-state index in [0.29, 0.717) is 12.8 Å². The summed E-state index contributed by atoms with van der Waals surface area (Å²) in [5.74, 6) is 0.103. The molecule has 1 atom stereocenters. The molecular weight excluding hydrogens is 304 g/mol. The van der Waals surface area contributed by atoms with Gasteiger partial charge >= 0.3 is 0 Å². The summed E-state index contributed by atoms with van der Waals surface area (Å²) in [6.45, 7) is 1.90. The Hall–Kier alpha value is -1.86. The van der Waals surface area contributed by atoms with Crippen molar-refractivity contribution in [3.8, 4) is 0 Å². The third-order valence-corrected chi connectivity index (χ3v) is 4.64. The third-order valence-electron chi connectivity index (χ3n) is 3.32. The van der Waals surface area contributed by atoms with Crippen LogP contribution < -0.4 is 4.72 Å². The highest BCUT2D eigenvalue weighted by Gasteiger charge is 2.21. The van der Waals surface area contributed by atoms with Crippen LogP contribution in [0.5, 0.6) is 0 Å². The van der Waals surface area contributed by atoms with Crippen LogP contribution in [0, 0.1) is 0 Å². The molecule has 0 saturated heterocycles. The number of hydrogen-bond acceptors (Lipinski definition) is 5.